The van der Waals surface area contributed by atoms with Crippen molar-refractivity contribution in [3.8, 4) is 0 Å². The summed E-state index contributed by atoms with van der Waals surface area (Å²) in [5.74, 6) is -0.244. The summed E-state index contributed by atoms with van der Waals surface area (Å²) in [6.07, 6.45) is 3.07. The summed E-state index contributed by atoms with van der Waals surface area (Å²) >= 11 is 5.69. The molecule has 4 nitrogen and oxygen atoms in total. The second-order valence-electron chi connectivity index (χ2n) is 4.24. The number of benzene rings is 1. The lowest BCUT2D eigenvalue weighted by Gasteiger charge is -2.06. The van der Waals surface area contributed by atoms with E-state index in [1.165, 1.54) is 6.20 Å². The van der Waals surface area contributed by atoms with Crippen molar-refractivity contribution in [3.05, 3.63) is 65.6 Å². The summed E-state index contributed by atoms with van der Waals surface area (Å²) in [4.78, 5) is 20.2. The van der Waals surface area contributed by atoms with E-state index in [1.54, 1.807) is 18.3 Å². The van der Waals surface area contributed by atoms with Gasteiger partial charge in [0.15, 0.2) is 0 Å². The Kier molecular flexibility index (Phi) is 3.31. The quantitative estimate of drug-likeness (QED) is 0.732. The predicted octanol–water partition coefficient (Wildman–Crippen LogP) is 3.54. The Morgan fingerprint density at radius 3 is 2.70 bits per heavy atom. The van der Waals surface area contributed by atoms with Gasteiger partial charge in [-0.25, -0.2) is 4.98 Å². The van der Waals surface area contributed by atoms with Crippen LogP contribution in [0.4, 0.5) is 5.69 Å². The average Bonchev–Trinajstić information content (AvgIpc) is 2.48. The lowest BCUT2D eigenvalue weighted by atomic mass is 10.2. The third kappa shape index (κ3) is 2.60. The van der Waals surface area contributed by atoms with Gasteiger partial charge in [0, 0.05) is 11.6 Å². The highest BCUT2D eigenvalue weighted by atomic mass is 35.5. The topological polar surface area (TPSA) is 54.9 Å². The van der Waals surface area contributed by atoms with Gasteiger partial charge in [-0.05, 0) is 24.3 Å². The van der Waals surface area contributed by atoms with Crippen LogP contribution < -0.4 is 5.32 Å². The maximum absolute atomic E-state index is 12.0. The van der Waals surface area contributed by atoms with Gasteiger partial charge < -0.3 is 5.32 Å². The molecule has 0 spiro atoms. The van der Waals surface area contributed by atoms with Crippen molar-refractivity contribution < 1.29 is 4.79 Å². The fourth-order valence-electron chi connectivity index (χ4n) is 1.85. The van der Waals surface area contributed by atoms with Crippen molar-refractivity contribution >= 4 is 34.1 Å². The molecule has 3 aromatic rings. The molecule has 1 amide bonds. The fourth-order valence-corrected chi connectivity index (χ4v) is 1.96. The Morgan fingerprint density at radius 2 is 1.90 bits per heavy atom. The van der Waals surface area contributed by atoms with Crippen molar-refractivity contribution in [2.75, 3.05) is 5.32 Å². The molecule has 3 rings (SSSR count). The monoisotopic (exact) mass is 283 g/mol. The first-order chi connectivity index (χ1) is 9.72. The summed E-state index contributed by atoms with van der Waals surface area (Å²) in [6, 6.07) is 12.8. The highest BCUT2D eigenvalue weighted by molar-refractivity contribution is 6.29. The van der Waals surface area contributed by atoms with Crippen LogP contribution in [0.3, 0.4) is 0 Å². The molecule has 2 heterocycles. The first kappa shape index (κ1) is 12.6. The number of aromatic nitrogens is 2. The SMILES string of the molecule is O=C(Nc1cnc2ccccc2c1)c1ccc(Cl)nc1. The number of pyridine rings is 2. The van der Waals surface area contributed by atoms with Crippen LogP contribution in [0.2, 0.25) is 5.15 Å². The van der Waals surface area contributed by atoms with Crippen molar-refractivity contribution in [3.63, 3.8) is 0 Å². The van der Waals surface area contributed by atoms with Crippen molar-refractivity contribution in [1.29, 1.82) is 0 Å². The van der Waals surface area contributed by atoms with Crippen molar-refractivity contribution in [2.45, 2.75) is 0 Å². The number of para-hydroxylation sites is 1. The fraction of sp³-hybridized carbons (Fsp3) is 0. The number of hydrogen-bond donors (Lipinski definition) is 1. The molecule has 0 saturated carbocycles. The highest BCUT2D eigenvalue weighted by Crippen LogP contribution is 2.17. The first-order valence-electron chi connectivity index (χ1n) is 6.00. The molecule has 1 N–H and O–H groups in total. The summed E-state index contributed by atoms with van der Waals surface area (Å²) in [6.45, 7) is 0. The molecular formula is C15H10ClN3O. The van der Waals surface area contributed by atoms with E-state index in [-0.39, 0.29) is 5.91 Å². The number of nitrogens with zero attached hydrogens (tertiary/aromatic N) is 2. The predicted molar refractivity (Wildman–Crippen MR) is 78.9 cm³/mol. The number of halogens is 1. The van der Waals surface area contributed by atoms with Gasteiger partial charge >= 0.3 is 0 Å². The van der Waals surface area contributed by atoms with Gasteiger partial charge in [0.2, 0.25) is 0 Å². The van der Waals surface area contributed by atoms with Gasteiger partial charge in [-0.1, -0.05) is 29.8 Å². The van der Waals surface area contributed by atoms with Crippen LogP contribution in [0.5, 0.6) is 0 Å². The molecule has 0 bridgehead atoms. The molecule has 0 saturated heterocycles. The van der Waals surface area contributed by atoms with Gasteiger partial charge in [0.1, 0.15) is 5.15 Å². The highest BCUT2D eigenvalue weighted by Gasteiger charge is 2.07. The van der Waals surface area contributed by atoms with Gasteiger partial charge in [-0.3, -0.25) is 9.78 Å². The van der Waals surface area contributed by atoms with Crippen LogP contribution in [-0.4, -0.2) is 15.9 Å². The molecule has 0 aliphatic carbocycles. The smallest absolute Gasteiger partial charge is 0.257 e. The molecule has 1 aromatic carbocycles. The number of amides is 1. The molecule has 0 atom stereocenters. The second kappa shape index (κ2) is 5.27. The Hall–Kier alpha value is -2.46. The molecule has 2 aromatic heterocycles. The summed E-state index contributed by atoms with van der Waals surface area (Å²) in [5.41, 5.74) is 1.98. The number of hydrogen-bond acceptors (Lipinski definition) is 3. The van der Waals surface area contributed by atoms with E-state index < -0.39 is 0 Å². The Morgan fingerprint density at radius 1 is 1.05 bits per heavy atom. The van der Waals surface area contributed by atoms with E-state index in [0.29, 0.717) is 16.4 Å². The van der Waals surface area contributed by atoms with Crippen molar-refractivity contribution in [2.24, 2.45) is 0 Å². The summed E-state index contributed by atoms with van der Waals surface area (Å²) in [7, 11) is 0. The minimum Gasteiger partial charge on any atom is -0.321 e. The average molecular weight is 284 g/mol. The molecule has 0 unspecified atom stereocenters. The van der Waals surface area contributed by atoms with Crippen LogP contribution in [0.15, 0.2) is 54.9 Å². The third-order valence-corrected chi connectivity index (χ3v) is 3.06. The molecule has 5 heteroatoms. The zero-order chi connectivity index (χ0) is 13.9. The van der Waals surface area contributed by atoms with E-state index >= 15 is 0 Å². The molecule has 0 aliphatic rings. The number of carbonyl (C=O) groups is 1. The molecule has 0 radical (unpaired) electrons. The standard InChI is InChI=1S/C15H10ClN3O/c16-14-6-5-11(8-18-14)15(20)19-12-7-10-3-1-2-4-13(10)17-9-12/h1-9H,(H,19,20). The van der Waals surface area contributed by atoms with E-state index in [2.05, 4.69) is 15.3 Å². The third-order valence-electron chi connectivity index (χ3n) is 2.84. The minimum absolute atomic E-state index is 0.244. The number of anilines is 1. The van der Waals surface area contributed by atoms with Gasteiger partial charge in [0.05, 0.1) is 23.0 Å². The second-order valence-corrected chi connectivity index (χ2v) is 4.63. The lowest BCUT2D eigenvalue weighted by Crippen LogP contribution is -2.12. The summed E-state index contributed by atoms with van der Waals surface area (Å²) in [5, 5.41) is 4.11. The lowest BCUT2D eigenvalue weighted by molar-refractivity contribution is 0.102. The van der Waals surface area contributed by atoms with Crippen LogP contribution in [0.25, 0.3) is 10.9 Å². The van der Waals surface area contributed by atoms with E-state index in [4.69, 9.17) is 11.6 Å². The van der Waals surface area contributed by atoms with Gasteiger partial charge in [0.25, 0.3) is 5.91 Å². The van der Waals surface area contributed by atoms with Crippen LogP contribution >= 0.6 is 11.6 Å². The molecular weight excluding hydrogens is 274 g/mol. The largest absolute Gasteiger partial charge is 0.321 e. The Labute approximate surface area is 120 Å². The van der Waals surface area contributed by atoms with Crippen LogP contribution in [-0.2, 0) is 0 Å². The molecule has 98 valence electrons. The normalized spacial score (nSPS) is 10.4. The summed E-state index contributed by atoms with van der Waals surface area (Å²) < 4.78 is 0. The number of nitrogens with one attached hydrogen (secondary N) is 1. The first-order valence-corrected chi connectivity index (χ1v) is 6.38. The van der Waals surface area contributed by atoms with E-state index in [0.717, 1.165) is 10.9 Å². The molecule has 20 heavy (non-hydrogen) atoms. The van der Waals surface area contributed by atoms with Crippen molar-refractivity contribution in [1.82, 2.24) is 9.97 Å². The molecule has 0 aliphatic heterocycles. The van der Waals surface area contributed by atoms with E-state index in [9.17, 15) is 4.79 Å². The van der Waals surface area contributed by atoms with E-state index in [1.807, 2.05) is 30.3 Å². The number of fused-ring (bicyclic) bond motifs is 1. The van der Waals surface area contributed by atoms with Crippen LogP contribution in [0, 0.1) is 0 Å². The Bertz CT molecular complexity index is 771. The maximum Gasteiger partial charge on any atom is 0.257 e. The Balaban J connectivity index is 1.85. The molecule has 0 fully saturated rings. The van der Waals surface area contributed by atoms with Crippen LogP contribution in [0.1, 0.15) is 10.4 Å². The minimum atomic E-state index is -0.244. The number of rotatable bonds is 2. The number of carbonyl (C=O) groups excluding carboxylic acids is 1. The zero-order valence-corrected chi connectivity index (χ0v) is 11.1. The van der Waals surface area contributed by atoms with Gasteiger partial charge in [-0.2, -0.15) is 0 Å². The van der Waals surface area contributed by atoms with Gasteiger partial charge in [-0.15, -0.1) is 0 Å². The zero-order valence-electron chi connectivity index (χ0n) is 10.4. The maximum atomic E-state index is 12.0.